The molecule has 0 aliphatic carbocycles. The van der Waals surface area contributed by atoms with E-state index in [1.165, 1.54) is 12.8 Å². The third-order valence-corrected chi connectivity index (χ3v) is 1.21. The Kier molecular flexibility index (Phi) is 5.03. The van der Waals surface area contributed by atoms with Crippen LogP contribution in [-0.4, -0.2) is 6.17 Å². The first kappa shape index (κ1) is 7.93. The molecule has 0 nitrogen and oxygen atoms in total. The van der Waals surface area contributed by atoms with Gasteiger partial charge in [-0.3, -0.25) is 0 Å². The quantitative estimate of drug-likeness (QED) is 0.498. The number of hydrogen-bond acceptors (Lipinski definition) is 0. The maximum atomic E-state index is 12.0. The highest BCUT2D eigenvalue weighted by atomic mass is 19.1. The van der Waals surface area contributed by atoms with E-state index in [0.29, 0.717) is 0 Å². The number of hydrogen-bond donors (Lipinski definition) is 0. The summed E-state index contributed by atoms with van der Waals surface area (Å²) in [5.74, 6) is 0. The molecule has 0 bridgehead atoms. The van der Waals surface area contributed by atoms with Crippen LogP contribution in [-0.2, 0) is 0 Å². The van der Waals surface area contributed by atoms with Gasteiger partial charge in [-0.05, 0) is 13.3 Å². The Balaban J connectivity index is 2.72. The van der Waals surface area contributed by atoms with Gasteiger partial charge in [0.25, 0.3) is 0 Å². The highest BCUT2D eigenvalue weighted by Gasteiger charge is 1.94. The van der Waals surface area contributed by atoms with Crippen molar-refractivity contribution >= 4 is 0 Å². The van der Waals surface area contributed by atoms with Crippen molar-refractivity contribution in [1.29, 1.82) is 0 Å². The number of alkyl halides is 1. The molecule has 0 aliphatic heterocycles. The average molecular weight is 118 g/mol. The van der Waals surface area contributed by atoms with Crippen LogP contribution in [0.1, 0.15) is 39.5 Å². The van der Waals surface area contributed by atoms with Crippen LogP contribution in [0, 0.1) is 0 Å². The van der Waals surface area contributed by atoms with E-state index in [1.807, 2.05) is 0 Å². The molecule has 0 fully saturated rings. The maximum absolute atomic E-state index is 12.0. The minimum atomic E-state index is -0.596. The topological polar surface area (TPSA) is 0 Å². The van der Waals surface area contributed by atoms with Gasteiger partial charge in [0.05, 0.1) is 6.17 Å². The highest BCUT2D eigenvalue weighted by Crippen LogP contribution is 2.04. The van der Waals surface area contributed by atoms with Gasteiger partial charge in [0.2, 0.25) is 0 Å². The van der Waals surface area contributed by atoms with Gasteiger partial charge in [0, 0.05) is 0 Å². The molecule has 0 aromatic carbocycles. The van der Waals surface area contributed by atoms with Crippen molar-refractivity contribution in [3.05, 3.63) is 0 Å². The SMILES string of the molecule is CCCCC[C@@H](C)F. The molecule has 0 rings (SSSR count). The van der Waals surface area contributed by atoms with Crippen LogP contribution in [0.25, 0.3) is 0 Å². The van der Waals surface area contributed by atoms with Crippen LogP contribution in [0.2, 0.25) is 0 Å². The Morgan fingerprint density at radius 2 is 2.00 bits per heavy atom. The van der Waals surface area contributed by atoms with Gasteiger partial charge >= 0.3 is 0 Å². The first-order valence-electron chi connectivity index (χ1n) is 3.41. The molecule has 0 aromatic heterocycles. The summed E-state index contributed by atoms with van der Waals surface area (Å²) in [4.78, 5) is 0. The molecule has 0 aliphatic rings. The van der Waals surface area contributed by atoms with Crippen molar-refractivity contribution in [3.8, 4) is 0 Å². The fourth-order valence-corrected chi connectivity index (χ4v) is 0.676. The lowest BCUT2D eigenvalue weighted by atomic mass is 10.1. The number of rotatable bonds is 4. The van der Waals surface area contributed by atoms with Gasteiger partial charge in [0.1, 0.15) is 0 Å². The summed E-state index contributed by atoms with van der Waals surface area (Å²) in [6, 6.07) is 0. The standard InChI is InChI=1S/C7H15F/c1-3-4-5-6-7(2)8/h7H,3-6H2,1-2H3/t7-/m1/s1. The van der Waals surface area contributed by atoms with Crippen LogP contribution in [0.15, 0.2) is 0 Å². The smallest absolute Gasteiger partial charge is 0.0973 e. The Hall–Kier alpha value is -0.0700. The van der Waals surface area contributed by atoms with E-state index < -0.39 is 6.17 Å². The summed E-state index contributed by atoms with van der Waals surface area (Å²) in [5, 5.41) is 0. The lowest BCUT2D eigenvalue weighted by Gasteiger charge is -1.97. The van der Waals surface area contributed by atoms with Gasteiger partial charge in [0.15, 0.2) is 0 Å². The lowest BCUT2D eigenvalue weighted by Crippen LogP contribution is -1.90. The van der Waals surface area contributed by atoms with Gasteiger partial charge in [-0.2, -0.15) is 0 Å². The number of halogens is 1. The monoisotopic (exact) mass is 118 g/mol. The third kappa shape index (κ3) is 5.93. The molecule has 1 atom stereocenters. The predicted molar refractivity (Wildman–Crippen MR) is 34.7 cm³/mol. The molecule has 0 radical (unpaired) electrons. The summed E-state index contributed by atoms with van der Waals surface area (Å²) in [6.45, 7) is 3.75. The second kappa shape index (κ2) is 5.07. The molecule has 0 saturated heterocycles. The third-order valence-electron chi connectivity index (χ3n) is 1.21. The summed E-state index contributed by atoms with van der Waals surface area (Å²) in [7, 11) is 0. The van der Waals surface area contributed by atoms with E-state index >= 15 is 0 Å². The fourth-order valence-electron chi connectivity index (χ4n) is 0.676. The zero-order valence-electron chi connectivity index (χ0n) is 5.78. The lowest BCUT2D eigenvalue weighted by molar-refractivity contribution is 0.331. The molecular formula is C7H15F. The van der Waals surface area contributed by atoms with E-state index in [-0.39, 0.29) is 0 Å². The minimum absolute atomic E-state index is 0.596. The number of unbranched alkanes of at least 4 members (excludes halogenated alkanes) is 2. The predicted octanol–water partition coefficient (Wildman–Crippen LogP) is 2.92. The first-order chi connectivity index (χ1) is 3.77. The summed E-state index contributed by atoms with van der Waals surface area (Å²) < 4.78 is 12.0. The molecular weight excluding hydrogens is 103 g/mol. The zero-order chi connectivity index (χ0) is 6.41. The normalized spacial score (nSPS) is 13.9. The average Bonchev–Trinajstić information content (AvgIpc) is 1.66. The molecule has 8 heavy (non-hydrogen) atoms. The van der Waals surface area contributed by atoms with E-state index in [2.05, 4.69) is 6.92 Å². The Bertz CT molecular complexity index is 41.7. The molecule has 0 unspecified atom stereocenters. The van der Waals surface area contributed by atoms with Crippen molar-refractivity contribution in [1.82, 2.24) is 0 Å². The van der Waals surface area contributed by atoms with Gasteiger partial charge in [-0.15, -0.1) is 0 Å². The van der Waals surface area contributed by atoms with Gasteiger partial charge in [-0.1, -0.05) is 26.2 Å². The second-order valence-electron chi connectivity index (χ2n) is 2.28. The van der Waals surface area contributed by atoms with Crippen molar-refractivity contribution in [2.45, 2.75) is 45.7 Å². The Morgan fingerprint density at radius 3 is 2.38 bits per heavy atom. The fraction of sp³-hybridized carbons (Fsp3) is 1.00. The molecule has 0 amide bonds. The maximum Gasteiger partial charge on any atom is 0.0973 e. The molecule has 0 spiro atoms. The van der Waals surface area contributed by atoms with Crippen LogP contribution in [0.4, 0.5) is 4.39 Å². The molecule has 0 heterocycles. The van der Waals surface area contributed by atoms with Crippen molar-refractivity contribution < 1.29 is 4.39 Å². The Morgan fingerprint density at radius 1 is 1.38 bits per heavy atom. The van der Waals surface area contributed by atoms with E-state index in [9.17, 15) is 4.39 Å². The summed E-state index contributed by atoms with van der Waals surface area (Å²) in [6.07, 6.45) is 3.56. The summed E-state index contributed by atoms with van der Waals surface area (Å²) in [5.41, 5.74) is 0. The van der Waals surface area contributed by atoms with E-state index in [0.717, 1.165) is 12.8 Å². The van der Waals surface area contributed by atoms with Crippen LogP contribution < -0.4 is 0 Å². The Labute approximate surface area is 51.1 Å². The summed E-state index contributed by atoms with van der Waals surface area (Å²) >= 11 is 0. The van der Waals surface area contributed by atoms with Gasteiger partial charge in [-0.25, -0.2) is 4.39 Å². The first-order valence-corrected chi connectivity index (χ1v) is 3.41. The van der Waals surface area contributed by atoms with Crippen molar-refractivity contribution in [2.24, 2.45) is 0 Å². The van der Waals surface area contributed by atoms with Crippen LogP contribution in [0.5, 0.6) is 0 Å². The minimum Gasteiger partial charge on any atom is -0.248 e. The van der Waals surface area contributed by atoms with Crippen LogP contribution in [0.3, 0.4) is 0 Å². The van der Waals surface area contributed by atoms with Crippen molar-refractivity contribution in [2.75, 3.05) is 0 Å². The largest absolute Gasteiger partial charge is 0.248 e. The van der Waals surface area contributed by atoms with E-state index in [4.69, 9.17) is 0 Å². The molecule has 50 valence electrons. The molecule has 0 N–H and O–H groups in total. The molecule has 0 aromatic rings. The van der Waals surface area contributed by atoms with E-state index in [1.54, 1.807) is 6.92 Å². The molecule has 0 saturated carbocycles. The second-order valence-corrected chi connectivity index (χ2v) is 2.28. The van der Waals surface area contributed by atoms with Crippen molar-refractivity contribution in [3.63, 3.8) is 0 Å². The highest BCUT2D eigenvalue weighted by molar-refractivity contribution is 4.46. The molecule has 1 heteroatoms. The van der Waals surface area contributed by atoms with Crippen LogP contribution >= 0.6 is 0 Å². The van der Waals surface area contributed by atoms with Gasteiger partial charge < -0.3 is 0 Å². The zero-order valence-corrected chi connectivity index (χ0v) is 5.78.